The summed E-state index contributed by atoms with van der Waals surface area (Å²) in [6.07, 6.45) is 13.1. The maximum absolute atomic E-state index is 9.95. The molecule has 3 aliphatic rings. The van der Waals surface area contributed by atoms with E-state index in [1.54, 1.807) is 0 Å². The van der Waals surface area contributed by atoms with Gasteiger partial charge in [-0.3, -0.25) is 0 Å². The molecule has 0 amide bonds. The Balaban J connectivity index is 1.80. The number of hydrogen-bond acceptors (Lipinski definition) is 2. The molecule has 5 rings (SSSR count). The lowest BCUT2D eigenvalue weighted by molar-refractivity contribution is 0.137. The van der Waals surface area contributed by atoms with Gasteiger partial charge < -0.3 is 10.0 Å². The van der Waals surface area contributed by atoms with E-state index in [4.69, 9.17) is 0 Å². The first-order valence-corrected chi connectivity index (χ1v) is 12.2. The van der Waals surface area contributed by atoms with E-state index >= 15 is 0 Å². The quantitative estimate of drug-likeness (QED) is 0.598. The lowest BCUT2D eigenvalue weighted by atomic mass is 9.54. The summed E-state index contributed by atoms with van der Waals surface area (Å²) in [6.45, 7) is 0. The predicted octanol–water partition coefficient (Wildman–Crippen LogP) is 5.56. The van der Waals surface area contributed by atoms with Crippen LogP contribution in [0.3, 0.4) is 0 Å². The Morgan fingerprint density at radius 3 is 1.79 bits per heavy atom. The molecule has 2 saturated carbocycles. The molecule has 0 bridgehead atoms. The molecule has 2 nitrogen and oxygen atoms in total. The minimum Gasteiger partial charge on any atom is -0.423 e. The van der Waals surface area contributed by atoms with Gasteiger partial charge in [-0.25, -0.2) is 0 Å². The van der Waals surface area contributed by atoms with Crippen molar-refractivity contribution < 1.29 is 10.0 Å². The van der Waals surface area contributed by atoms with Crippen LogP contribution in [0.4, 0.5) is 0 Å². The summed E-state index contributed by atoms with van der Waals surface area (Å²) >= 11 is 3.77. The molecule has 3 aliphatic carbocycles. The molecule has 2 N–H and O–H groups in total. The molecule has 0 aromatic heterocycles. The van der Waals surface area contributed by atoms with E-state index in [9.17, 15) is 10.0 Å². The van der Waals surface area contributed by atoms with Gasteiger partial charge >= 0.3 is 7.12 Å². The van der Waals surface area contributed by atoms with Crippen LogP contribution in [0.15, 0.2) is 40.9 Å². The summed E-state index contributed by atoms with van der Waals surface area (Å²) in [6, 6.07) is 13.0. The van der Waals surface area contributed by atoms with E-state index in [2.05, 4.69) is 46.3 Å². The van der Waals surface area contributed by atoms with E-state index in [-0.39, 0.29) is 5.41 Å². The maximum Gasteiger partial charge on any atom is 0.488 e. The Morgan fingerprint density at radius 2 is 1.24 bits per heavy atom. The average molecular weight is 453 g/mol. The fourth-order valence-corrected chi connectivity index (χ4v) is 7.23. The molecule has 0 unspecified atom stereocenters. The zero-order valence-corrected chi connectivity index (χ0v) is 18.6. The van der Waals surface area contributed by atoms with Crippen LogP contribution in [0, 0.1) is 11.8 Å². The van der Waals surface area contributed by atoms with Gasteiger partial charge in [0.25, 0.3) is 0 Å². The molecule has 4 heteroatoms. The highest BCUT2D eigenvalue weighted by Gasteiger charge is 2.53. The topological polar surface area (TPSA) is 40.5 Å². The van der Waals surface area contributed by atoms with Gasteiger partial charge in [0.15, 0.2) is 0 Å². The van der Waals surface area contributed by atoms with Crippen LogP contribution in [-0.4, -0.2) is 17.2 Å². The summed E-state index contributed by atoms with van der Waals surface area (Å²) in [5.41, 5.74) is 6.18. The SMILES string of the molecule is OB(O)c1ccc2c(c1)C(C1CCCCC1)(C1CCCCC1)c1cc(Br)ccc1-2. The van der Waals surface area contributed by atoms with Gasteiger partial charge in [-0.1, -0.05) is 78.7 Å². The Labute approximate surface area is 183 Å². The Hall–Kier alpha value is -1.10. The summed E-state index contributed by atoms with van der Waals surface area (Å²) in [5.74, 6) is 1.28. The molecule has 0 atom stereocenters. The van der Waals surface area contributed by atoms with Crippen molar-refractivity contribution in [3.63, 3.8) is 0 Å². The van der Waals surface area contributed by atoms with Crippen LogP contribution in [0.2, 0.25) is 0 Å². The first kappa shape index (κ1) is 19.8. The van der Waals surface area contributed by atoms with Gasteiger partial charge in [-0.05, 0) is 77.4 Å². The molecule has 0 spiro atoms. The number of benzene rings is 2. The molecular weight excluding hydrogens is 423 g/mol. The molecule has 0 saturated heterocycles. The molecule has 2 aromatic rings. The number of fused-ring (bicyclic) bond motifs is 3. The first-order chi connectivity index (χ1) is 14.1. The Bertz CT molecular complexity index is 880. The number of hydrogen-bond donors (Lipinski definition) is 2. The van der Waals surface area contributed by atoms with Crippen LogP contribution in [0.5, 0.6) is 0 Å². The molecule has 2 fully saturated rings. The van der Waals surface area contributed by atoms with Crippen LogP contribution in [0.1, 0.15) is 75.3 Å². The Kier molecular flexibility index (Phi) is 5.38. The minimum absolute atomic E-state index is 0.0141. The highest BCUT2D eigenvalue weighted by atomic mass is 79.9. The van der Waals surface area contributed by atoms with Crippen molar-refractivity contribution in [1.29, 1.82) is 0 Å². The summed E-state index contributed by atoms with van der Waals surface area (Å²) < 4.78 is 1.16. The zero-order chi connectivity index (χ0) is 20.0. The molecule has 0 radical (unpaired) electrons. The average Bonchev–Trinajstić information content (AvgIpc) is 3.04. The lowest BCUT2D eigenvalue weighted by Gasteiger charge is -2.49. The molecule has 152 valence electrons. The molecule has 0 heterocycles. The highest BCUT2D eigenvalue weighted by Crippen LogP contribution is 2.61. The smallest absolute Gasteiger partial charge is 0.423 e. The van der Waals surface area contributed by atoms with Crippen LogP contribution in [-0.2, 0) is 5.41 Å². The van der Waals surface area contributed by atoms with Gasteiger partial charge in [0, 0.05) is 9.89 Å². The second-order valence-corrected chi connectivity index (χ2v) is 10.3. The van der Waals surface area contributed by atoms with E-state index in [1.165, 1.54) is 86.5 Å². The molecule has 2 aromatic carbocycles. The fraction of sp³-hybridized carbons (Fsp3) is 0.520. The summed E-state index contributed by atoms with van der Waals surface area (Å²) in [7, 11) is -1.41. The third kappa shape index (κ3) is 3.14. The van der Waals surface area contributed by atoms with Gasteiger partial charge in [-0.2, -0.15) is 0 Å². The monoisotopic (exact) mass is 452 g/mol. The largest absolute Gasteiger partial charge is 0.488 e. The second-order valence-electron chi connectivity index (χ2n) is 9.41. The van der Waals surface area contributed by atoms with Gasteiger partial charge in [0.2, 0.25) is 0 Å². The summed E-state index contributed by atoms with van der Waals surface area (Å²) in [4.78, 5) is 0. The third-order valence-electron chi connectivity index (χ3n) is 8.00. The number of rotatable bonds is 3. The fourth-order valence-electron chi connectivity index (χ4n) is 6.87. The van der Waals surface area contributed by atoms with Crippen LogP contribution >= 0.6 is 15.9 Å². The van der Waals surface area contributed by atoms with Crippen molar-refractivity contribution in [3.8, 4) is 11.1 Å². The van der Waals surface area contributed by atoms with Crippen LogP contribution in [0.25, 0.3) is 11.1 Å². The normalized spacial score (nSPS) is 21.6. The van der Waals surface area contributed by atoms with E-state index in [0.29, 0.717) is 17.3 Å². The van der Waals surface area contributed by atoms with Crippen molar-refractivity contribution in [2.45, 2.75) is 69.6 Å². The lowest BCUT2D eigenvalue weighted by Crippen LogP contribution is -2.44. The van der Waals surface area contributed by atoms with Crippen molar-refractivity contribution in [3.05, 3.63) is 52.0 Å². The van der Waals surface area contributed by atoms with Gasteiger partial charge in [0.1, 0.15) is 0 Å². The molecular formula is C25H30BBrO2. The first-order valence-electron chi connectivity index (χ1n) is 11.4. The van der Waals surface area contributed by atoms with Crippen LogP contribution < -0.4 is 5.46 Å². The van der Waals surface area contributed by atoms with Crippen molar-refractivity contribution in [2.75, 3.05) is 0 Å². The van der Waals surface area contributed by atoms with Gasteiger partial charge in [0.05, 0.1) is 0 Å². The zero-order valence-electron chi connectivity index (χ0n) is 17.0. The van der Waals surface area contributed by atoms with Gasteiger partial charge in [-0.15, -0.1) is 0 Å². The highest BCUT2D eigenvalue weighted by molar-refractivity contribution is 9.10. The standard InChI is InChI=1S/C25H30BBrO2/c27-20-12-14-22-21-13-11-19(26(28)29)15-23(21)25(24(22)16-20,17-7-3-1-4-8-17)18-9-5-2-6-10-18/h11-18,28-29H,1-10H2. The van der Waals surface area contributed by atoms with E-state index in [0.717, 1.165) is 4.47 Å². The third-order valence-corrected chi connectivity index (χ3v) is 8.50. The summed E-state index contributed by atoms with van der Waals surface area (Å²) in [5, 5.41) is 19.9. The second kappa shape index (κ2) is 7.87. The molecule has 29 heavy (non-hydrogen) atoms. The minimum atomic E-state index is -1.41. The van der Waals surface area contributed by atoms with Crippen molar-refractivity contribution >= 4 is 28.5 Å². The molecule has 0 aliphatic heterocycles. The Morgan fingerprint density at radius 1 is 0.724 bits per heavy atom. The number of halogens is 1. The van der Waals surface area contributed by atoms with E-state index < -0.39 is 7.12 Å². The van der Waals surface area contributed by atoms with Crippen molar-refractivity contribution in [2.24, 2.45) is 11.8 Å². The van der Waals surface area contributed by atoms with E-state index in [1.807, 2.05) is 6.07 Å². The van der Waals surface area contributed by atoms with Crippen molar-refractivity contribution in [1.82, 2.24) is 0 Å². The predicted molar refractivity (Wildman–Crippen MR) is 123 cm³/mol. The maximum atomic E-state index is 9.95.